The van der Waals surface area contributed by atoms with Crippen molar-refractivity contribution in [3.05, 3.63) is 53.6 Å². The van der Waals surface area contributed by atoms with Crippen molar-refractivity contribution in [2.75, 3.05) is 24.6 Å². The van der Waals surface area contributed by atoms with Gasteiger partial charge in [-0.05, 0) is 44.5 Å². The quantitative estimate of drug-likeness (QED) is 0.763. The molecule has 0 spiro atoms. The first-order valence-corrected chi connectivity index (χ1v) is 10.1. The molecule has 2 aliphatic heterocycles. The van der Waals surface area contributed by atoms with Gasteiger partial charge in [0.05, 0.1) is 6.54 Å². The molecular formula is C23H26N2O4. The molecule has 0 saturated carbocycles. The number of rotatable bonds is 6. The van der Waals surface area contributed by atoms with E-state index in [-0.39, 0.29) is 17.4 Å². The van der Waals surface area contributed by atoms with Gasteiger partial charge < -0.3 is 19.7 Å². The van der Waals surface area contributed by atoms with E-state index >= 15 is 0 Å². The predicted molar refractivity (Wildman–Crippen MR) is 111 cm³/mol. The maximum atomic E-state index is 12.5. The van der Waals surface area contributed by atoms with Crippen LogP contribution < -0.4 is 19.7 Å². The monoisotopic (exact) mass is 394 g/mol. The first-order chi connectivity index (χ1) is 13.9. The molecule has 2 aromatic carbocycles. The van der Waals surface area contributed by atoms with Gasteiger partial charge in [0.25, 0.3) is 5.91 Å². The first kappa shape index (κ1) is 19.3. The lowest BCUT2D eigenvalue weighted by molar-refractivity contribution is -0.117. The zero-order chi connectivity index (χ0) is 20.4. The molecule has 6 nitrogen and oxygen atoms in total. The second kappa shape index (κ2) is 7.78. The largest absolute Gasteiger partial charge is 0.488 e. The number of hydrogen-bond donors (Lipinski definition) is 1. The summed E-state index contributed by atoms with van der Waals surface area (Å²) in [6, 6.07) is 13.1. The van der Waals surface area contributed by atoms with Gasteiger partial charge in [0, 0.05) is 36.2 Å². The van der Waals surface area contributed by atoms with Crippen molar-refractivity contribution in [3.63, 3.8) is 0 Å². The smallest absolute Gasteiger partial charge is 0.251 e. The minimum absolute atomic E-state index is 0.108. The number of benzene rings is 2. The fourth-order valence-corrected chi connectivity index (χ4v) is 3.86. The highest BCUT2D eigenvalue weighted by Gasteiger charge is 2.32. The molecule has 1 saturated heterocycles. The number of carbonyl (C=O) groups excluding carboxylic acids is 2. The van der Waals surface area contributed by atoms with Crippen LogP contribution in [0.4, 0.5) is 5.69 Å². The Kier molecular flexibility index (Phi) is 5.18. The summed E-state index contributed by atoms with van der Waals surface area (Å²) in [6.45, 7) is 5.54. The molecule has 152 valence electrons. The number of carbonyl (C=O) groups is 2. The van der Waals surface area contributed by atoms with Crippen molar-refractivity contribution in [2.24, 2.45) is 0 Å². The molecule has 2 heterocycles. The summed E-state index contributed by atoms with van der Waals surface area (Å²) in [5.41, 5.74) is 2.23. The zero-order valence-electron chi connectivity index (χ0n) is 16.9. The summed E-state index contributed by atoms with van der Waals surface area (Å²) in [6.07, 6.45) is 2.28. The number of amides is 2. The highest BCUT2D eigenvalue weighted by atomic mass is 16.5. The highest BCUT2D eigenvalue weighted by Crippen LogP contribution is 2.41. The van der Waals surface area contributed by atoms with E-state index in [4.69, 9.17) is 9.47 Å². The number of nitrogens with zero attached hydrogens (tertiary/aromatic N) is 1. The van der Waals surface area contributed by atoms with Crippen molar-refractivity contribution in [3.8, 4) is 11.5 Å². The summed E-state index contributed by atoms with van der Waals surface area (Å²) in [5.74, 6) is 1.43. The molecule has 1 fully saturated rings. The second-order valence-electron chi connectivity index (χ2n) is 8.09. The lowest BCUT2D eigenvalue weighted by Gasteiger charge is -2.18. The first-order valence-electron chi connectivity index (χ1n) is 10.1. The summed E-state index contributed by atoms with van der Waals surface area (Å²) in [5, 5.41) is 2.87. The van der Waals surface area contributed by atoms with Crippen molar-refractivity contribution >= 4 is 17.5 Å². The molecule has 6 heteroatoms. The standard InChI is InChI=1S/C23H26N2O4/c1-23(2)15-17-7-4-9-19(21(17)29-23)28-13-11-24-22(27)16-6-3-8-18(14-16)25-12-5-10-20(25)26/h3-4,6-9,14H,5,10-13,15H2,1-2H3,(H,24,27). The van der Waals surface area contributed by atoms with E-state index in [0.29, 0.717) is 37.4 Å². The van der Waals surface area contributed by atoms with Crippen molar-refractivity contribution in [1.29, 1.82) is 0 Å². The van der Waals surface area contributed by atoms with Crippen LogP contribution in [-0.4, -0.2) is 37.1 Å². The molecule has 0 bridgehead atoms. The molecule has 2 aliphatic rings. The van der Waals surface area contributed by atoms with E-state index in [2.05, 4.69) is 25.2 Å². The van der Waals surface area contributed by atoms with Gasteiger partial charge in [0.1, 0.15) is 12.2 Å². The number of nitrogens with one attached hydrogen (secondary N) is 1. The Labute approximate surface area is 170 Å². The van der Waals surface area contributed by atoms with Crippen LogP contribution in [0.5, 0.6) is 11.5 Å². The normalized spacial score (nSPS) is 17.0. The minimum atomic E-state index is -0.224. The van der Waals surface area contributed by atoms with Crippen LogP contribution in [0.25, 0.3) is 0 Å². The Balaban J connectivity index is 1.32. The molecule has 1 N–H and O–H groups in total. The van der Waals surface area contributed by atoms with Crippen molar-refractivity contribution < 1.29 is 19.1 Å². The van der Waals surface area contributed by atoms with Gasteiger partial charge in [-0.3, -0.25) is 9.59 Å². The molecule has 29 heavy (non-hydrogen) atoms. The van der Waals surface area contributed by atoms with Crippen molar-refractivity contribution in [1.82, 2.24) is 5.32 Å². The summed E-state index contributed by atoms with van der Waals surface area (Å²) >= 11 is 0. The summed E-state index contributed by atoms with van der Waals surface area (Å²) in [4.78, 5) is 26.1. The molecule has 2 aromatic rings. The van der Waals surface area contributed by atoms with Gasteiger partial charge >= 0.3 is 0 Å². The predicted octanol–water partition coefficient (Wildman–Crippen LogP) is 3.34. The van der Waals surface area contributed by atoms with Crippen LogP contribution in [0.15, 0.2) is 42.5 Å². The van der Waals surface area contributed by atoms with Crippen LogP contribution in [0.3, 0.4) is 0 Å². The minimum Gasteiger partial charge on any atom is -0.488 e. The van der Waals surface area contributed by atoms with E-state index in [1.807, 2.05) is 18.2 Å². The Hall–Kier alpha value is -3.02. The third-order valence-corrected chi connectivity index (χ3v) is 5.19. The SMILES string of the molecule is CC1(C)Cc2cccc(OCCNC(=O)c3cccc(N4CCCC4=O)c3)c2O1. The van der Waals surface area contributed by atoms with Crippen LogP contribution in [0, 0.1) is 0 Å². The number of para-hydroxylation sites is 1. The molecule has 0 radical (unpaired) electrons. The number of ether oxygens (including phenoxy) is 2. The third-order valence-electron chi connectivity index (χ3n) is 5.19. The molecule has 0 unspecified atom stereocenters. The van der Waals surface area contributed by atoms with E-state index in [1.54, 1.807) is 23.1 Å². The van der Waals surface area contributed by atoms with Gasteiger partial charge in [-0.15, -0.1) is 0 Å². The Morgan fingerprint density at radius 1 is 1.24 bits per heavy atom. The molecule has 2 amide bonds. The van der Waals surface area contributed by atoms with Crippen LogP contribution in [0.2, 0.25) is 0 Å². The zero-order valence-corrected chi connectivity index (χ0v) is 16.9. The Morgan fingerprint density at radius 2 is 2.07 bits per heavy atom. The van der Waals surface area contributed by atoms with Gasteiger partial charge in [0.15, 0.2) is 11.5 Å². The van der Waals surface area contributed by atoms with Crippen LogP contribution in [0.1, 0.15) is 42.6 Å². The average Bonchev–Trinajstić information content (AvgIpc) is 3.26. The Morgan fingerprint density at radius 3 is 2.86 bits per heavy atom. The lowest BCUT2D eigenvalue weighted by atomic mass is 10.0. The fourth-order valence-electron chi connectivity index (χ4n) is 3.86. The number of fused-ring (bicyclic) bond motifs is 1. The molecular weight excluding hydrogens is 368 g/mol. The number of anilines is 1. The van der Waals surface area contributed by atoms with Gasteiger partial charge in [-0.1, -0.05) is 18.2 Å². The third kappa shape index (κ3) is 4.21. The molecule has 0 aliphatic carbocycles. The molecule has 4 rings (SSSR count). The van der Waals surface area contributed by atoms with Crippen molar-refractivity contribution in [2.45, 2.75) is 38.7 Å². The maximum absolute atomic E-state index is 12.5. The second-order valence-corrected chi connectivity index (χ2v) is 8.09. The van der Waals surface area contributed by atoms with Crippen LogP contribution in [-0.2, 0) is 11.2 Å². The van der Waals surface area contributed by atoms with E-state index < -0.39 is 0 Å². The molecule has 0 atom stereocenters. The van der Waals surface area contributed by atoms with Gasteiger partial charge in [-0.2, -0.15) is 0 Å². The number of hydrogen-bond acceptors (Lipinski definition) is 4. The van der Waals surface area contributed by atoms with E-state index in [0.717, 1.165) is 29.8 Å². The average molecular weight is 394 g/mol. The van der Waals surface area contributed by atoms with E-state index in [9.17, 15) is 9.59 Å². The fraction of sp³-hybridized carbons (Fsp3) is 0.391. The summed E-state index contributed by atoms with van der Waals surface area (Å²) < 4.78 is 11.9. The summed E-state index contributed by atoms with van der Waals surface area (Å²) in [7, 11) is 0. The Bertz CT molecular complexity index is 938. The highest BCUT2D eigenvalue weighted by molar-refractivity contribution is 5.99. The van der Waals surface area contributed by atoms with Crippen LogP contribution >= 0.6 is 0 Å². The maximum Gasteiger partial charge on any atom is 0.251 e. The lowest BCUT2D eigenvalue weighted by Crippen LogP contribution is -2.29. The van der Waals surface area contributed by atoms with Gasteiger partial charge in [-0.25, -0.2) is 0 Å². The van der Waals surface area contributed by atoms with E-state index in [1.165, 1.54) is 0 Å². The topological polar surface area (TPSA) is 67.9 Å². The van der Waals surface area contributed by atoms with Gasteiger partial charge in [0.2, 0.25) is 5.91 Å². The molecule has 0 aromatic heterocycles.